The summed E-state index contributed by atoms with van der Waals surface area (Å²) in [5.74, 6) is -3.30. The van der Waals surface area contributed by atoms with Gasteiger partial charge in [-0.1, -0.05) is 30.3 Å². The van der Waals surface area contributed by atoms with Gasteiger partial charge in [0.15, 0.2) is 5.82 Å². The van der Waals surface area contributed by atoms with Crippen molar-refractivity contribution >= 4 is 35.0 Å². The van der Waals surface area contributed by atoms with Crippen LogP contribution < -0.4 is 0 Å². The number of amides is 3. The van der Waals surface area contributed by atoms with Crippen molar-refractivity contribution in [1.29, 1.82) is 0 Å². The number of benzene rings is 2. The standard InChI is InChI=1S/C29H27F2N3O6S/c1-6-39-26(36)21-15(2)32-24(22-18(30)8-7-9-19(22)31)33-20(21)14-16-10-12-17(13-11-16)23-25(35)34(28(38)41-23)27(37)40-29(3,4)5/h7-13,23H,6,14H2,1-5H3. The zero-order valence-electron chi connectivity index (χ0n) is 23.0. The van der Waals surface area contributed by atoms with Crippen molar-refractivity contribution in [3.63, 3.8) is 0 Å². The zero-order chi connectivity index (χ0) is 30.1. The molecule has 4 rings (SSSR count). The summed E-state index contributed by atoms with van der Waals surface area (Å²) in [7, 11) is 0. The first-order chi connectivity index (χ1) is 19.3. The summed E-state index contributed by atoms with van der Waals surface area (Å²) in [6, 6.07) is 9.97. The van der Waals surface area contributed by atoms with Crippen LogP contribution >= 0.6 is 11.8 Å². The first-order valence-electron chi connectivity index (χ1n) is 12.7. The molecule has 1 unspecified atom stereocenters. The van der Waals surface area contributed by atoms with E-state index in [4.69, 9.17) is 9.47 Å². The van der Waals surface area contributed by atoms with Crippen LogP contribution in [0.4, 0.5) is 18.4 Å². The number of nitrogens with zero attached hydrogens (tertiary/aromatic N) is 3. The molecule has 1 aliphatic rings. The Morgan fingerprint density at radius 3 is 2.24 bits per heavy atom. The third kappa shape index (κ3) is 6.43. The van der Waals surface area contributed by atoms with Crippen LogP contribution in [0.5, 0.6) is 0 Å². The molecular formula is C29H27F2N3O6S. The summed E-state index contributed by atoms with van der Waals surface area (Å²) in [5.41, 5.74) is 0.275. The van der Waals surface area contributed by atoms with Gasteiger partial charge in [0, 0.05) is 6.42 Å². The van der Waals surface area contributed by atoms with Gasteiger partial charge in [-0.3, -0.25) is 9.59 Å². The predicted octanol–water partition coefficient (Wildman–Crippen LogP) is 6.17. The van der Waals surface area contributed by atoms with Crippen molar-refractivity contribution in [2.75, 3.05) is 6.61 Å². The Hall–Kier alpha value is -4.19. The summed E-state index contributed by atoms with van der Waals surface area (Å²) in [5, 5.41) is -1.68. The third-order valence-corrected chi connectivity index (χ3v) is 7.00. The minimum absolute atomic E-state index is 0.0651. The highest BCUT2D eigenvalue weighted by Gasteiger charge is 2.46. The quantitative estimate of drug-likeness (QED) is 0.314. The molecule has 12 heteroatoms. The van der Waals surface area contributed by atoms with Gasteiger partial charge in [-0.05, 0) is 69.6 Å². The van der Waals surface area contributed by atoms with Gasteiger partial charge in [-0.15, -0.1) is 0 Å². The molecule has 0 N–H and O–H groups in total. The van der Waals surface area contributed by atoms with Crippen LogP contribution in [0.1, 0.15) is 65.8 Å². The topological polar surface area (TPSA) is 116 Å². The second-order valence-electron chi connectivity index (χ2n) is 10.1. The average Bonchev–Trinajstić information content (AvgIpc) is 3.17. The van der Waals surface area contributed by atoms with Crippen LogP contribution in [0.15, 0.2) is 42.5 Å². The molecule has 0 radical (unpaired) electrons. The van der Waals surface area contributed by atoms with E-state index in [-0.39, 0.29) is 35.8 Å². The van der Waals surface area contributed by atoms with E-state index in [9.17, 15) is 28.0 Å². The summed E-state index contributed by atoms with van der Waals surface area (Å²) >= 11 is 0.699. The smallest absolute Gasteiger partial charge is 0.424 e. The molecule has 1 aliphatic heterocycles. The number of hydrogen-bond donors (Lipinski definition) is 0. The molecule has 0 aliphatic carbocycles. The Bertz CT molecular complexity index is 1520. The molecule has 2 aromatic carbocycles. The molecule has 1 aromatic heterocycles. The number of aryl methyl sites for hydroxylation is 1. The lowest BCUT2D eigenvalue weighted by molar-refractivity contribution is -0.126. The number of ether oxygens (including phenoxy) is 2. The van der Waals surface area contributed by atoms with Crippen LogP contribution in [0.25, 0.3) is 11.4 Å². The van der Waals surface area contributed by atoms with Crippen molar-refractivity contribution in [1.82, 2.24) is 14.9 Å². The minimum Gasteiger partial charge on any atom is -0.462 e. The molecule has 3 aromatic rings. The van der Waals surface area contributed by atoms with Crippen molar-refractivity contribution in [2.24, 2.45) is 0 Å². The molecule has 41 heavy (non-hydrogen) atoms. The van der Waals surface area contributed by atoms with Crippen molar-refractivity contribution in [2.45, 2.75) is 51.9 Å². The number of carbonyl (C=O) groups is 4. The second-order valence-corrected chi connectivity index (χ2v) is 11.2. The van der Waals surface area contributed by atoms with Gasteiger partial charge in [0.05, 0.1) is 23.6 Å². The SMILES string of the molecule is CCOC(=O)c1c(C)nc(-c2c(F)cccc2F)nc1Cc1ccc(C2SC(=O)N(C(=O)OC(C)(C)C)C2=O)cc1. The fourth-order valence-corrected chi connectivity index (χ4v) is 5.12. The number of rotatable bonds is 6. The Balaban J connectivity index is 1.64. The summed E-state index contributed by atoms with van der Waals surface area (Å²) < 4.78 is 39.4. The van der Waals surface area contributed by atoms with Gasteiger partial charge in [0.2, 0.25) is 0 Å². The number of thioether (sulfide) groups is 1. The Morgan fingerprint density at radius 1 is 1.02 bits per heavy atom. The Labute approximate surface area is 239 Å². The summed E-state index contributed by atoms with van der Waals surface area (Å²) in [6.07, 6.45) is -0.970. The van der Waals surface area contributed by atoms with E-state index in [2.05, 4.69) is 9.97 Å². The fraction of sp³-hybridized carbons (Fsp3) is 0.310. The highest BCUT2D eigenvalue weighted by atomic mass is 32.2. The predicted molar refractivity (Wildman–Crippen MR) is 146 cm³/mol. The largest absolute Gasteiger partial charge is 0.462 e. The van der Waals surface area contributed by atoms with E-state index >= 15 is 0 Å². The molecule has 1 fully saturated rings. The van der Waals surface area contributed by atoms with Gasteiger partial charge in [-0.2, -0.15) is 4.90 Å². The van der Waals surface area contributed by atoms with E-state index in [1.54, 1.807) is 52.0 Å². The number of aromatic nitrogens is 2. The van der Waals surface area contributed by atoms with E-state index in [1.165, 1.54) is 13.0 Å². The van der Waals surface area contributed by atoms with Gasteiger partial charge in [-0.25, -0.2) is 28.3 Å². The van der Waals surface area contributed by atoms with Gasteiger partial charge in [0.1, 0.15) is 28.0 Å². The second kappa shape index (κ2) is 11.7. The van der Waals surface area contributed by atoms with Crippen LogP contribution in [-0.2, 0) is 20.7 Å². The van der Waals surface area contributed by atoms with E-state index in [0.717, 1.165) is 12.1 Å². The zero-order valence-corrected chi connectivity index (χ0v) is 23.8. The lowest BCUT2D eigenvalue weighted by Gasteiger charge is -2.22. The van der Waals surface area contributed by atoms with Crippen molar-refractivity contribution in [3.05, 3.63) is 82.2 Å². The molecule has 0 bridgehead atoms. The normalized spacial score (nSPS) is 15.3. The van der Waals surface area contributed by atoms with Crippen LogP contribution in [0.2, 0.25) is 0 Å². The third-order valence-electron chi connectivity index (χ3n) is 5.91. The van der Waals surface area contributed by atoms with Crippen molar-refractivity contribution < 1.29 is 37.4 Å². The maximum absolute atomic E-state index is 14.5. The highest BCUT2D eigenvalue weighted by molar-refractivity contribution is 8.15. The van der Waals surface area contributed by atoms with Gasteiger partial charge >= 0.3 is 12.1 Å². The summed E-state index contributed by atoms with van der Waals surface area (Å²) in [4.78, 5) is 59.6. The maximum Gasteiger partial charge on any atom is 0.424 e. The lowest BCUT2D eigenvalue weighted by atomic mass is 10.0. The fourth-order valence-electron chi connectivity index (χ4n) is 4.15. The van der Waals surface area contributed by atoms with Crippen LogP contribution in [0.3, 0.4) is 0 Å². The van der Waals surface area contributed by atoms with E-state index in [1.807, 2.05) is 0 Å². The number of hydrogen-bond acceptors (Lipinski definition) is 9. The Kier molecular flexibility index (Phi) is 8.52. The number of imide groups is 3. The average molecular weight is 584 g/mol. The maximum atomic E-state index is 14.5. The number of esters is 1. The molecule has 214 valence electrons. The lowest BCUT2D eigenvalue weighted by Crippen LogP contribution is -2.40. The molecule has 1 atom stereocenters. The summed E-state index contributed by atoms with van der Waals surface area (Å²) in [6.45, 7) is 8.15. The molecule has 1 saturated heterocycles. The highest BCUT2D eigenvalue weighted by Crippen LogP contribution is 2.40. The van der Waals surface area contributed by atoms with Crippen LogP contribution in [0, 0.1) is 18.6 Å². The van der Waals surface area contributed by atoms with Crippen molar-refractivity contribution in [3.8, 4) is 11.4 Å². The van der Waals surface area contributed by atoms with Gasteiger partial charge in [0.25, 0.3) is 11.1 Å². The molecule has 0 saturated carbocycles. The molecular weight excluding hydrogens is 556 g/mol. The minimum atomic E-state index is -1.04. The Morgan fingerprint density at radius 2 is 1.66 bits per heavy atom. The number of carbonyl (C=O) groups excluding carboxylic acids is 4. The number of halogens is 2. The first kappa shape index (κ1) is 29.8. The van der Waals surface area contributed by atoms with E-state index in [0.29, 0.717) is 27.8 Å². The molecule has 2 heterocycles. The monoisotopic (exact) mass is 583 g/mol. The van der Waals surface area contributed by atoms with E-state index < -0.39 is 51.3 Å². The van der Waals surface area contributed by atoms with Gasteiger partial charge < -0.3 is 9.47 Å². The molecule has 0 spiro atoms. The molecule has 9 nitrogen and oxygen atoms in total. The first-order valence-corrected chi connectivity index (χ1v) is 13.5. The molecule has 3 amide bonds. The van der Waals surface area contributed by atoms with Crippen LogP contribution in [-0.4, -0.2) is 50.3 Å².